The fourth-order valence-corrected chi connectivity index (χ4v) is 8.66. The summed E-state index contributed by atoms with van der Waals surface area (Å²) < 4.78 is 35.5. The van der Waals surface area contributed by atoms with E-state index in [4.69, 9.17) is 33.7 Å². The number of carbonyl (C=O) groups excluding carboxylic acids is 3. The number of amidine groups is 1. The van der Waals surface area contributed by atoms with Crippen molar-refractivity contribution in [3.05, 3.63) is 93.2 Å². The molecule has 1 aromatic heterocycles. The number of amides is 2. The van der Waals surface area contributed by atoms with Gasteiger partial charge in [-0.1, -0.05) is 46.6 Å². The van der Waals surface area contributed by atoms with Gasteiger partial charge < -0.3 is 25.1 Å². The molecule has 272 valence electrons. The van der Waals surface area contributed by atoms with Crippen LogP contribution in [0.15, 0.2) is 70.8 Å². The average Bonchev–Trinajstić information content (AvgIpc) is 3.65. The quantitative estimate of drug-likeness (QED) is 0.113. The number of nitrogens with two attached hydrogens (primary N) is 1. The van der Waals surface area contributed by atoms with Gasteiger partial charge in [0, 0.05) is 67.6 Å². The minimum Gasteiger partial charge on any atom is -0.486 e. The summed E-state index contributed by atoms with van der Waals surface area (Å²) in [5.41, 5.74) is 8.87. The van der Waals surface area contributed by atoms with Gasteiger partial charge in [-0.05, 0) is 56.2 Å². The molecule has 2 aliphatic heterocycles. The van der Waals surface area contributed by atoms with Crippen molar-refractivity contribution in [2.24, 2.45) is 10.9 Å². The molecule has 0 bridgehead atoms. The number of benzene rings is 3. The fourth-order valence-electron chi connectivity index (χ4n) is 6.14. The maximum absolute atomic E-state index is 14.1. The number of carbonyl (C=O) groups is 3. The van der Waals surface area contributed by atoms with Crippen molar-refractivity contribution in [3.63, 3.8) is 0 Å². The van der Waals surface area contributed by atoms with Crippen LogP contribution in [-0.4, -0.2) is 94.9 Å². The summed E-state index contributed by atoms with van der Waals surface area (Å²) >= 11 is 13.2. The van der Waals surface area contributed by atoms with Gasteiger partial charge in [0.15, 0.2) is 5.84 Å². The second kappa shape index (κ2) is 15.4. The summed E-state index contributed by atoms with van der Waals surface area (Å²) in [5, 5.41) is 3.68. The highest BCUT2D eigenvalue weighted by Crippen LogP contribution is 2.37. The maximum atomic E-state index is 14.1. The van der Waals surface area contributed by atoms with Crippen molar-refractivity contribution in [2.75, 3.05) is 32.7 Å². The van der Waals surface area contributed by atoms with E-state index in [-0.39, 0.29) is 77.5 Å². The molecular formula is C35H35Cl2N7O7S. The highest BCUT2D eigenvalue weighted by molar-refractivity contribution is 7.89. The van der Waals surface area contributed by atoms with Crippen molar-refractivity contribution in [2.45, 2.75) is 44.2 Å². The molecule has 3 aromatic carbocycles. The van der Waals surface area contributed by atoms with Crippen LogP contribution < -0.4 is 10.5 Å². The molecule has 3 heterocycles. The Labute approximate surface area is 310 Å². The van der Waals surface area contributed by atoms with Crippen LogP contribution in [-0.2, 0) is 31.1 Å². The Morgan fingerprint density at radius 2 is 1.65 bits per heavy atom. The van der Waals surface area contributed by atoms with Crippen molar-refractivity contribution < 1.29 is 32.4 Å². The largest absolute Gasteiger partial charge is 0.486 e. The van der Waals surface area contributed by atoms with Crippen LogP contribution in [0.3, 0.4) is 0 Å². The van der Waals surface area contributed by atoms with Crippen molar-refractivity contribution in [1.29, 1.82) is 0 Å². The highest BCUT2D eigenvalue weighted by Gasteiger charge is 2.43. The first-order valence-corrected chi connectivity index (χ1v) is 18.6. The number of para-hydroxylation sites is 1. The lowest BCUT2D eigenvalue weighted by Gasteiger charge is -2.37. The molecule has 0 aliphatic carbocycles. The monoisotopic (exact) mass is 767 g/mol. The van der Waals surface area contributed by atoms with E-state index in [9.17, 15) is 22.8 Å². The first-order valence-electron chi connectivity index (χ1n) is 16.4. The van der Waals surface area contributed by atoms with Gasteiger partial charge in [0.25, 0.3) is 5.91 Å². The number of oxime groups is 1. The number of aromatic nitrogens is 2. The number of rotatable bonds is 9. The maximum Gasteiger partial charge on any atom is 0.332 e. The molecule has 0 spiro atoms. The van der Waals surface area contributed by atoms with Crippen LogP contribution in [0, 0.1) is 6.92 Å². The zero-order chi connectivity index (χ0) is 37.2. The minimum atomic E-state index is -4.23. The molecule has 52 heavy (non-hydrogen) atoms. The van der Waals surface area contributed by atoms with Crippen molar-refractivity contribution in [1.82, 2.24) is 24.1 Å². The van der Waals surface area contributed by atoms with Gasteiger partial charge in [0.1, 0.15) is 28.8 Å². The zero-order valence-corrected chi connectivity index (χ0v) is 30.6. The predicted octanol–water partition coefficient (Wildman–Crippen LogP) is 4.15. The smallest absolute Gasteiger partial charge is 0.332 e. The number of fused-ring (bicyclic) bond motifs is 1. The summed E-state index contributed by atoms with van der Waals surface area (Å²) in [7, 11) is -4.23. The van der Waals surface area contributed by atoms with Gasteiger partial charge in [-0.3, -0.25) is 14.6 Å². The molecule has 1 atom stereocenters. The van der Waals surface area contributed by atoms with Crippen LogP contribution in [0.5, 0.6) is 5.75 Å². The van der Waals surface area contributed by atoms with Gasteiger partial charge in [0.05, 0.1) is 16.2 Å². The Morgan fingerprint density at radius 1 is 0.962 bits per heavy atom. The van der Waals surface area contributed by atoms with E-state index in [0.29, 0.717) is 46.4 Å². The van der Waals surface area contributed by atoms with Crippen LogP contribution in [0.25, 0.3) is 11.0 Å². The first kappa shape index (κ1) is 36.9. The highest BCUT2D eigenvalue weighted by atomic mass is 35.5. The second-order valence-electron chi connectivity index (χ2n) is 12.3. The Morgan fingerprint density at radius 3 is 2.37 bits per heavy atom. The Kier molecular flexibility index (Phi) is 11.0. The third kappa shape index (κ3) is 7.67. The second-order valence-corrected chi connectivity index (χ2v) is 14.9. The number of sulfonamides is 1. The molecule has 2 fully saturated rings. The average molecular weight is 769 g/mol. The first-order chi connectivity index (χ1) is 24.8. The van der Waals surface area contributed by atoms with E-state index in [2.05, 4.69) is 20.0 Å². The topological polar surface area (TPSA) is 178 Å². The van der Waals surface area contributed by atoms with Crippen LogP contribution in [0.4, 0.5) is 0 Å². The van der Waals surface area contributed by atoms with E-state index in [0.717, 1.165) is 0 Å². The zero-order valence-electron chi connectivity index (χ0n) is 28.3. The number of halogens is 2. The Balaban J connectivity index is 1.12. The lowest BCUT2D eigenvalue weighted by atomic mass is 10.1. The molecule has 4 aromatic rings. The summed E-state index contributed by atoms with van der Waals surface area (Å²) in [6.45, 7) is 4.01. The van der Waals surface area contributed by atoms with Crippen LogP contribution in [0.1, 0.15) is 46.9 Å². The van der Waals surface area contributed by atoms with Gasteiger partial charge in [0.2, 0.25) is 15.9 Å². The molecule has 2 amide bonds. The van der Waals surface area contributed by atoms with Crippen LogP contribution >= 0.6 is 23.2 Å². The van der Waals surface area contributed by atoms with Gasteiger partial charge >= 0.3 is 5.97 Å². The number of nitrogens with zero attached hydrogens (tertiary/aromatic N) is 6. The molecule has 14 nitrogen and oxygen atoms in total. The number of aryl methyl sites for hydroxylation is 1. The number of ether oxygens (including phenoxy) is 1. The van der Waals surface area contributed by atoms with E-state index in [1.807, 2.05) is 6.92 Å². The standard InChI is InChI=1S/C35H35Cl2N7O7S/c1-21-19-39-27-5-3-7-29(32(27)40-21)50-20-25-26(36)12-13-30(31(25)37)52(48,49)44-14-4-6-28(44)35(47)43-17-15-42(16-18-43)34(46)24-10-8-23(9-11-24)33(38)41-51-22(2)45/h3,5,7-13,19,28H,4,6,14-18,20H2,1-2H3,(H2,38,41). The van der Waals surface area contributed by atoms with E-state index in [1.165, 1.54) is 23.4 Å². The van der Waals surface area contributed by atoms with Crippen LogP contribution in [0.2, 0.25) is 10.0 Å². The molecule has 0 radical (unpaired) electrons. The van der Waals surface area contributed by atoms with E-state index < -0.39 is 22.0 Å². The van der Waals surface area contributed by atoms with Crippen molar-refractivity contribution in [3.8, 4) is 5.75 Å². The molecule has 2 N–H and O–H groups in total. The number of piperazine rings is 1. The van der Waals surface area contributed by atoms with Crippen molar-refractivity contribution >= 4 is 67.9 Å². The Bertz CT molecular complexity index is 2180. The third-order valence-electron chi connectivity index (χ3n) is 8.83. The molecule has 0 saturated carbocycles. The SMILES string of the molecule is CC(=O)O/N=C(/N)c1ccc(C(=O)N2CCN(C(=O)C3CCCN3S(=O)(=O)c3ccc(Cl)c(COc4cccc5ncc(C)nc45)c3Cl)CC2)cc1. The summed E-state index contributed by atoms with van der Waals surface area (Å²) in [5.74, 6) is -0.756. The number of hydrogen-bond donors (Lipinski definition) is 1. The summed E-state index contributed by atoms with van der Waals surface area (Å²) in [4.78, 5) is 54.5. The molecule has 17 heteroatoms. The lowest BCUT2D eigenvalue weighted by Crippen LogP contribution is -2.55. The predicted molar refractivity (Wildman–Crippen MR) is 193 cm³/mol. The Hall–Kier alpha value is -4.83. The minimum absolute atomic E-state index is 0.0141. The molecule has 2 aliphatic rings. The van der Waals surface area contributed by atoms with E-state index in [1.54, 1.807) is 58.5 Å². The van der Waals surface area contributed by atoms with E-state index >= 15 is 0 Å². The normalized spacial score (nSPS) is 17.0. The fraction of sp³-hybridized carbons (Fsp3) is 0.314. The molecule has 1 unspecified atom stereocenters. The van der Waals surface area contributed by atoms with Gasteiger partial charge in [-0.25, -0.2) is 18.2 Å². The summed E-state index contributed by atoms with van der Waals surface area (Å²) in [6.07, 6.45) is 2.48. The summed E-state index contributed by atoms with van der Waals surface area (Å²) in [6, 6.07) is 13.5. The third-order valence-corrected chi connectivity index (χ3v) is 11.7. The molecule has 6 rings (SSSR count). The molecular weight excluding hydrogens is 733 g/mol. The number of hydrogen-bond acceptors (Lipinski definition) is 10. The van der Waals surface area contributed by atoms with Gasteiger partial charge in [-0.2, -0.15) is 4.31 Å². The lowest BCUT2D eigenvalue weighted by molar-refractivity contribution is -0.141. The van der Waals surface area contributed by atoms with Gasteiger partial charge in [-0.15, -0.1) is 0 Å². The molecule has 2 saturated heterocycles.